The maximum atomic E-state index is 12.1. The third-order valence-electron chi connectivity index (χ3n) is 1.97. The fourth-order valence-electron chi connectivity index (χ4n) is 1.10. The number of aliphatic carboxylic acids is 1. The topological polar surface area (TPSA) is 110 Å². The zero-order chi connectivity index (χ0) is 12.8. The second-order valence-electron chi connectivity index (χ2n) is 3.31. The Labute approximate surface area is 95.8 Å². The number of alkyl halides is 1. The molecule has 1 unspecified atom stereocenters. The fourth-order valence-corrected chi connectivity index (χ4v) is 1.10. The molecule has 0 saturated heterocycles. The lowest BCUT2D eigenvalue weighted by Gasteiger charge is -2.08. The number of amides is 1. The summed E-state index contributed by atoms with van der Waals surface area (Å²) in [7, 11) is 0. The van der Waals surface area contributed by atoms with Gasteiger partial charge >= 0.3 is 5.97 Å². The molecular formula is C8H12FN5O3. The lowest BCUT2D eigenvalue weighted by Crippen LogP contribution is -2.39. The molecule has 8 nitrogen and oxygen atoms in total. The van der Waals surface area contributed by atoms with Gasteiger partial charge in [-0.05, 0) is 17.4 Å². The molecule has 0 bridgehead atoms. The van der Waals surface area contributed by atoms with E-state index in [2.05, 4.69) is 20.8 Å². The SMILES string of the molecule is CC(NC(=O)Cc1nnnn1CCF)C(=O)O. The lowest BCUT2D eigenvalue weighted by molar-refractivity contribution is -0.141. The van der Waals surface area contributed by atoms with E-state index in [0.717, 1.165) is 4.68 Å². The highest BCUT2D eigenvalue weighted by Crippen LogP contribution is 1.95. The average molecular weight is 245 g/mol. The first-order chi connectivity index (χ1) is 8.04. The van der Waals surface area contributed by atoms with E-state index in [1.807, 2.05) is 0 Å². The summed E-state index contributed by atoms with van der Waals surface area (Å²) >= 11 is 0. The summed E-state index contributed by atoms with van der Waals surface area (Å²) in [4.78, 5) is 21.9. The molecule has 9 heteroatoms. The van der Waals surface area contributed by atoms with Crippen molar-refractivity contribution in [3.05, 3.63) is 5.82 Å². The van der Waals surface area contributed by atoms with Crippen molar-refractivity contribution in [2.45, 2.75) is 25.9 Å². The lowest BCUT2D eigenvalue weighted by atomic mass is 10.3. The molecule has 0 aliphatic rings. The predicted molar refractivity (Wildman–Crippen MR) is 52.7 cm³/mol. The van der Waals surface area contributed by atoms with Crippen molar-refractivity contribution >= 4 is 11.9 Å². The maximum absolute atomic E-state index is 12.1. The van der Waals surface area contributed by atoms with Crippen molar-refractivity contribution in [2.24, 2.45) is 0 Å². The molecule has 1 aromatic rings. The number of carboxylic acids is 1. The fraction of sp³-hybridized carbons (Fsp3) is 0.625. The number of aryl methyl sites for hydroxylation is 1. The molecule has 1 amide bonds. The van der Waals surface area contributed by atoms with E-state index in [-0.39, 0.29) is 18.8 Å². The monoisotopic (exact) mass is 245 g/mol. The van der Waals surface area contributed by atoms with Crippen LogP contribution in [0.4, 0.5) is 4.39 Å². The number of carbonyl (C=O) groups is 2. The highest BCUT2D eigenvalue weighted by molar-refractivity contribution is 5.84. The number of nitrogens with zero attached hydrogens (tertiary/aromatic N) is 4. The summed E-state index contributed by atoms with van der Waals surface area (Å²) in [5, 5.41) is 21.2. The van der Waals surface area contributed by atoms with E-state index in [4.69, 9.17) is 5.11 Å². The molecule has 2 N–H and O–H groups in total. The summed E-state index contributed by atoms with van der Waals surface area (Å²) < 4.78 is 13.3. The van der Waals surface area contributed by atoms with E-state index in [1.54, 1.807) is 0 Å². The van der Waals surface area contributed by atoms with E-state index >= 15 is 0 Å². The number of carboxylic acid groups (broad SMARTS) is 1. The molecule has 0 aliphatic heterocycles. The maximum Gasteiger partial charge on any atom is 0.325 e. The van der Waals surface area contributed by atoms with Crippen LogP contribution in [0.15, 0.2) is 0 Å². The number of aromatic nitrogens is 4. The quantitative estimate of drug-likeness (QED) is 0.649. The number of hydrogen-bond donors (Lipinski definition) is 2. The minimum Gasteiger partial charge on any atom is -0.480 e. The van der Waals surface area contributed by atoms with Crippen LogP contribution >= 0.6 is 0 Å². The Morgan fingerprint density at radius 1 is 1.59 bits per heavy atom. The number of hydrogen-bond acceptors (Lipinski definition) is 5. The molecule has 0 aromatic carbocycles. The van der Waals surface area contributed by atoms with Crippen LogP contribution in [-0.4, -0.2) is 49.9 Å². The minimum absolute atomic E-state index is 0.0376. The van der Waals surface area contributed by atoms with Gasteiger partial charge in [0.15, 0.2) is 5.82 Å². The molecule has 1 atom stereocenters. The van der Waals surface area contributed by atoms with Gasteiger partial charge in [-0.2, -0.15) is 0 Å². The Kier molecular flexibility index (Phi) is 4.49. The van der Waals surface area contributed by atoms with Crippen molar-refractivity contribution in [1.29, 1.82) is 0 Å². The molecule has 0 radical (unpaired) electrons. The smallest absolute Gasteiger partial charge is 0.325 e. The predicted octanol–water partition coefficient (Wildman–Crippen LogP) is -1.23. The Bertz CT molecular complexity index is 408. The molecule has 1 heterocycles. The van der Waals surface area contributed by atoms with Gasteiger partial charge in [-0.15, -0.1) is 5.10 Å². The van der Waals surface area contributed by atoms with Gasteiger partial charge in [-0.25, -0.2) is 9.07 Å². The van der Waals surface area contributed by atoms with Crippen LogP contribution in [0.2, 0.25) is 0 Å². The Hall–Kier alpha value is -2.06. The minimum atomic E-state index is -1.14. The summed E-state index contributed by atoms with van der Waals surface area (Å²) in [6.07, 6.45) is -0.190. The van der Waals surface area contributed by atoms with Crippen molar-refractivity contribution in [1.82, 2.24) is 25.5 Å². The van der Waals surface area contributed by atoms with Crippen LogP contribution in [-0.2, 0) is 22.6 Å². The third-order valence-corrected chi connectivity index (χ3v) is 1.97. The van der Waals surface area contributed by atoms with Crippen molar-refractivity contribution in [3.8, 4) is 0 Å². The van der Waals surface area contributed by atoms with E-state index in [9.17, 15) is 14.0 Å². The number of nitrogens with one attached hydrogen (secondary N) is 1. The first-order valence-electron chi connectivity index (χ1n) is 4.87. The van der Waals surface area contributed by atoms with Gasteiger partial charge in [0.05, 0.1) is 13.0 Å². The summed E-state index contributed by atoms with van der Waals surface area (Å²) in [6, 6.07) is -0.993. The van der Waals surface area contributed by atoms with Crippen LogP contribution < -0.4 is 5.32 Å². The highest BCUT2D eigenvalue weighted by Gasteiger charge is 2.16. The van der Waals surface area contributed by atoms with E-state index in [0.29, 0.717) is 0 Å². The molecule has 0 saturated carbocycles. The molecule has 94 valence electrons. The molecule has 0 spiro atoms. The van der Waals surface area contributed by atoms with Gasteiger partial charge in [-0.3, -0.25) is 9.59 Å². The molecule has 17 heavy (non-hydrogen) atoms. The first kappa shape index (κ1) is 13.0. The number of tetrazole rings is 1. The summed E-state index contributed by atoms with van der Waals surface area (Å²) in [6.45, 7) is 0.653. The summed E-state index contributed by atoms with van der Waals surface area (Å²) in [5.74, 6) is -1.48. The number of halogens is 1. The Balaban J connectivity index is 2.55. The Morgan fingerprint density at radius 3 is 2.88 bits per heavy atom. The van der Waals surface area contributed by atoms with Crippen molar-refractivity contribution in [2.75, 3.05) is 6.67 Å². The third kappa shape index (κ3) is 3.78. The Morgan fingerprint density at radius 2 is 2.29 bits per heavy atom. The van der Waals surface area contributed by atoms with Crippen LogP contribution in [0.1, 0.15) is 12.7 Å². The average Bonchev–Trinajstić information content (AvgIpc) is 2.66. The van der Waals surface area contributed by atoms with E-state index < -0.39 is 24.6 Å². The van der Waals surface area contributed by atoms with Gasteiger partial charge < -0.3 is 10.4 Å². The van der Waals surface area contributed by atoms with Gasteiger partial charge in [-0.1, -0.05) is 0 Å². The zero-order valence-electron chi connectivity index (χ0n) is 9.13. The zero-order valence-corrected chi connectivity index (χ0v) is 9.13. The molecule has 1 rings (SSSR count). The normalized spacial score (nSPS) is 12.1. The standard InChI is InChI=1S/C8H12FN5O3/c1-5(8(16)17)10-7(15)4-6-11-12-13-14(6)3-2-9/h5H,2-4H2,1H3,(H,10,15)(H,16,17). The highest BCUT2D eigenvalue weighted by atomic mass is 19.1. The van der Waals surface area contributed by atoms with Crippen LogP contribution in [0.25, 0.3) is 0 Å². The molecular weight excluding hydrogens is 233 g/mol. The van der Waals surface area contributed by atoms with Crippen LogP contribution in [0.3, 0.4) is 0 Å². The second-order valence-corrected chi connectivity index (χ2v) is 3.31. The van der Waals surface area contributed by atoms with Gasteiger partial charge in [0.25, 0.3) is 0 Å². The first-order valence-corrected chi connectivity index (χ1v) is 4.87. The number of rotatable bonds is 6. The van der Waals surface area contributed by atoms with Gasteiger partial charge in [0.2, 0.25) is 5.91 Å². The van der Waals surface area contributed by atoms with Crippen molar-refractivity contribution < 1.29 is 19.1 Å². The van der Waals surface area contributed by atoms with Crippen LogP contribution in [0.5, 0.6) is 0 Å². The van der Waals surface area contributed by atoms with Crippen molar-refractivity contribution in [3.63, 3.8) is 0 Å². The molecule has 0 fully saturated rings. The largest absolute Gasteiger partial charge is 0.480 e. The number of carbonyl (C=O) groups excluding carboxylic acids is 1. The van der Waals surface area contributed by atoms with Gasteiger partial charge in [0, 0.05) is 0 Å². The second kappa shape index (κ2) is 5.87. The van der Waals surface area contributed by atoms with E-state index in [1.165, 1.54) is 6.92 Å². The van der Waals surface area contributed by atoms with Crippen LogP contribution in [0, 0.1) is 0 Å². The molecule has 0 aliphatic carbocycles. The summed E-state index contributed by atoms with van der Waals surface area (Å²) in [5.41, 5.74) is 0. The molecule has 1 aromatic heterocycles. The van der Waals surface area contributed by atoms with Gasteiger partial charge in [0.1, 0.15) is 12.7 Å².